The van der Waals surface area contributed by atoms with E-state index in [-0.39, 0.29) is 0 Å². The summed E-state index contributed by atoms with van der Waals surface area (Å²) in [5.41, 5.74) is 1.77. The third-order valence-electron chi connectivity index (χ3n) is 4.41. The predicted octanol–water partition coefficient (Wildman–Crippen LogP) is 2.16. The van der Waals surface area contributed by atoms with Gasteiger partial charge in [-0.2, -0.15) is 0 Å². The van der Waals surface area contributed by atoms with Crippen LogP contribution in [0.2, 0.25) is 0 Å². The smallest absolute Gasteiger partial charge is 0.325 e. The van der Waals surface area contributed by atoms with Gasteiger partial charge in [0.1, 0.15) is 11.8 Å². The summed E-state index contributed by atoms with van der Waals surface area (Å²) in [5.74, 6) is -0.0534. The van der Waals surface area contributed by atoms with Crippen LogP contribution in [0.25, 0.3) is 0 Å². The van der Waals surface area contributed by atoms with E-state index in [0.717, 1.165) is 43.1 Å². The molecule has 1 aromatic carbocycles. The molecule has 1 aliphatic rings. The van der Waals surface area contributed by atoms with Crippen molar-refractivity contribution in [3.8, 4) is 5.75 Å². The first-order valence-corrected chi connectivity index (χ1v) is 7.83. The van der Waals surface area contributed by atoms with Crippen LogP contribution in [0, 0.1) is 6.92 Å². The molecule has 22 heavy (non-hydrogen) atoms. The number of hydrogen-bond donors (Lipinski definition) is 1. The van der Waals surface area contributed by atoms with E-state index in [1.807, 2.05) is 37.1 Å². The zero-order valence-corrected chi connectivity index (χ0v) is 13.7. The van der Waals surface area contributed by atoms with Gasteiger partial charge in [0.15, 0.2) is 0 Å². The van der Waals surface area contributed by atoms with E-state index >= 15 is 0 Å². The van der Waals surface area contributed by atoms with Crippen molar-refractivity contribution >= 4 is 5.97 Å². The minimum absolute atomic E-state index is 0.617. The van der Waals surface area contributed by atoms with Gasteiger partial charge >= 0.3 is 5.97 Å². The highest BCUT2D eigenvalue weighted by molar-refractivity contribution is 5.76. The van der Waals surface area contributed by atoms with Crippen LogP contribution in [0.4, 0.5) is 0 Å². The quantitative estimate of drug-likeness (QED) is 0.836. The second kappa shape index (κ2) is 7.61. The van der Waals surface area contributed by atoms with Crippen LogP contribution in [0.1, 0.15) is 30.0 Å². The normalized spacial score (nSPS) is 16.9. The highest BCUT2D eigenvalue weighted by Crippen LogP contribution is 2.26. The van der Waals surface area contributed by atoms with Crippen molar-refractivity contribution in [3.05, 3.63) is 29.3 Å². The average molecular weight is 306 g/mol. The van der Waals surface area contributed by atoms with Crippen molar-refractivity contribution < 1.29 is 14.6 Å². The van der Waals surface area contributed by atoms with Crippen LogP contribution in [-0.4, -0.2) is 61.2 Å². The number of nitrogens with zero attached hydrogens (tertiary/aromatic N) is 2. The Morgan fingerprint density at radius 3 is 2.64 bits per heavy atom. The van der Waals surface area contributed by atoms with Gasteiger partial charge < -0.3 is 14.7 Å². The fourth-order valence-corrected chi connectivity index (χ4v) is 3.08. The van der Waals surface area contributed by atoms with E-state index in [2.05, 4.69) is 4.90 Å². The second-order valence-corrected chi connectivity index (χ2v) is 5.99. The molecule has 2 rings (SSSR count). The number of carbonyl (C=O) groups is 1. The van der Waals surface area contributed by atoms with Gasteiger partial charge in [0.25, 0.3) is 0 Å². The minimum Gasteiger partial charge on any atom is -0.497 e. The Bertz CT molecular complexity index is 513. The number of methoxy groups -OCH3 is 1. The molecule has 1 heterocycles. The number of carboxylic acids is 1. The lowest BCUT2D eigenvalue weighted by atomic mass is 10.00. The number of aryl methyl sites for hydroxylation is 1. The highest BCUT2D eigenvalue weighted by Gasteiger charge is 2.26. The largest absolute Gasteiger partial charge is 0.497 e. The first-order valence-electron chi connectivity index (χ1n) is 7.83. The predicted molar refractivity (Wildman–Crippen MR) is 86.4 cm³/mol. The molecule has 0 saturated carbocycles. The molecular formula is C17H26N2O3. The number of rotatable bonds is 7. The molecule has 0 aromatic heterocycles. The molecule has 0 unspecified atom stereocenters. The second-order valence-electron chi connectivity index (χ2n) is 5.99. The standard InChI is InChI=1S/C17H26N2O3/c1-13-12-14(22-3)6-7-15(13)16(17(20)21)18(2)10-11-19-8-4-5-9-19/h6-7,12,16H,4-5,8-11H2,1-3H3,(H,20,21)/t16-/m0/s1. The van der Waals surface area contributed by atoms with Gasteiger partial charge in [0, 0.05) is 13.1 Å². The Morgan fingerprint density at radius 2 is 2.09 bits per heavy atom. The van der Waals surface area contributed by atoms with Gasteiger partial charge in [0.2, 0.25) is 0 Å². The molecule has 1 atom stereocenters. The third-order valence-corrected chi connectivity index (χ3v) is 4.41. The lowest BCUT2D eigenvalue weighted by Crippen LogP contribution is -2.37. The monoisotopic (exact) mass is 306 g/mol. The summed E-state index contributed by atoms with van der Waals surface area (Å²) in [5, 5.41) is 9.65. The Morgan fingerprint density at radius 1 is 1.41 bits per heavy atom. The Kier molecular flexibility index (Phi) is 5.80. The Labute approximate surface area is 132 Å². The van der Waals surface area contributed by atoms with Gasteiger partial charge in [-0.1, -0.05) is 6.07 Å². The van der Waals surface area contributed by atoms with E-state index in [4.69, 9.17) is 4.74 Å². The van der Waals surface area contributed by atoms with Crippen LogP contribution in [0.3, 0.4) is 0 Å². The minimum atomic E-state index is -0.808. The molecule has 122 valence electrons. The summed E-state index contributed by atoms with van der Waals surface area (Å²) < 4.78 is 5.20. The summed E-state index contributed by atoms with van der Waals surface area (Å²) in [6.07, 6.45) is 2.51. The van der Waals surface area contributed by atoms with Gasteiger partial charge in [0.05, 0.1) is 7.11 Å². The highest BCUT2D eigenvalue weighted by atomic mass is 16.5. The first kappa shape index (κ1) is 16.8. The number of likely N-dealkylation sites (tertiary alicyclic amines) is 1. The molecule has 5 heteroatoms. The lowest BCUT2D eigenvalue weighted by molar-refractivity contribution is -0.143. The number of ether oxygens (including phenoxy) is 1. The summed E-state index contributed by atoms with van der Waals surface area (Å²) in [7, 11) is 3.50. The van der Waals surface area contributed by atoms with Crippen molar-refractivity contribution in [1.29, 1.82) is 0 Å². The maximum atomic E-state index is 11.8. The van der Waals surface area contributed by atoms with E-state index in [9.17, 15) is 9.90 Å². The molecule has 1 N–H and O–H groups in total. The van der Waals surface area contributed by atoms with Crippen LogP contribution in [0.5, 0.6) is 5.75 Å². The van der Waals surface area contributed by atoms with Crippen molar-refractivity contribution in [3.63, 3.8) is 0 Å². The molecule has 1 aromatic rings. The number of hydrogen-bond acceptors (Lipinski definition) is 4. The van der Waals surface area contributed by atoms with Crippen LogP contribution in [-0.2, 0) is 4.79 Å². The maximum Gasteiger partial charge on any atom is 0.325 e. The fraction of sp³-hybridized carbons (Fsp3) is 0.588. The Balaban J connectivity index is 2.09. The van der Waals surface area contributed by atoms with Crippen LogP contribution >= 0.6 is 0 Å². The Hall–Kier alpha value is -1.59. The fourth-order valence-electron chi connectivity index (χ4n) is 3.08. The number of likely N-dealkylation sites (N-methyl/N-ethyl adjacent to an activating group) is 1. The lowest BCUT2D eigenvalue weighted by Gasteiger charge is -2.28. The first-order chi connectivity index (χ1) is 10.5. The van der Waals surface area contributed by atoms with Gasteiger partial charge in [-0.25, -0.2) is 0 Å². The molecule has 0 bridgehead atoms. The van der Waals surface area contributed by atoms with Crippen molar-refractivity contribution in [2.75, 3.05) is 40.3 Å². The molecular weight excluding hydrogens is 280 g/mol. The maximum absolute atomic E-state index is 11.8. The summed E-state index contributed by atoms with van der Waals surface area (Å²) in [6, 6.07) is 4.96. The van der Waals surface area contributed by atoms with E-state index in [0.29, 0.717) is 0 Å². The number of aliphatic carboxylic acids is 1. The third kappa shape index (κ3) is 3.99. The van der Waals surface area contributed by atoms with Gasteiger partial charge in [-0.05, 0) is 63.2 Å². The molecule has 5 nitrogen and oxygen atoms in total. The summed E-state index contributed by atoms with van der Waals surface area (Å²) in [6.45, 7) is 5.88. The zero-order valence-electron chi connectivity index (χ0n) is 13.7. The van der Waals surface area contributed by atoms with E-state index < -0.39 is 12.0 Å². The van der Waals surface area contributed by atoms with Crippen molar-refractivity contribution in [2.45, 2.75) is 25.8 Å². The molecule has 0 radical (unpaired) electrons. The van der Waals surface area contributed by atoms with E-state index in [1.165, 1.54) is 12.8 Å². The topological polar surface area (TPSA) is 53.0 Å². The van der Waals surface area contributed by atoms with Crippen molar-refractivity contribution in [2.24, 2.45) is 0 Å². The molecule has 1 aliphatic heterocycles. The molecule has 1 fully saturated rings. The summed E-state index contributed by atoms with van der Waals surface area (Å²) in [4.78, 5) is 16.1. The molecule has 0 aliphatic carbocycles. The molecule has 1 saturated heterocycles. The van der Waals surface area contributed by atoms with Gasteiger partial charge in [-0.3, -0.25) is 9.69 Å². The summed E-state index contributed by atoms with van der Waals surface area (Å²) >= 11 is 0. The number of benzene rings is 1. The average Bonchev–Trinajstić information content (AvgIpc) is 3.00. The van der Waals surface area contributed by atoms with Crippen LogP contribution < -0.4 is 4.74 Å². The number of carboxylic acid groups (broad SMARTS) is 1. The van der Waals surface area contributed by atoms with Crippen molar-refractivity contribution in [1.82, 2.24) is 9.80 Å². The molecule has 0 spiro atoms. The van der Waals surface area contributed by atoms with Gasteiger partial charge in [-0.15, -0.1) is 0 Å². The zero-order chi connectivity index (χ0) is 16.1. The SMILES string of the molecule is COc1ccc([C@@H](C(=O)O)N(C)CCN2CCCC2)c(C)c1. The van der Waals surface area contributed by atoms with E-state index in [1.54, 1.807) is 7.11 Å². The molecule has 0 amide bonds. The van der Waals surface area contributed by atoms with Crippen LogP contribution in [0.15, 0.2) is 18.2 Å².